The number of anilines is 3. The minimum Gasteiger partial charge on any atom is -0.495 e. The number of hydrogen-bond acceptors (Lipinski definition) is 4. The van der Waals surface area contributed by atoms with Gasteiger partial charge in [0.05, 0.1) is 19.3 Å². The third-order valence-corrected chi connectivity index (χ3v) is 3.70. The van der Waals surface area contributed by atoms with Crippen molar-refractivity contribution in [1.29, 1.82) is 0 Å². The van der Waals surface area contributed by atoms with Crippen LogP contribution in [0.3, 0.4) is 0 Å². The standard InChI is InChI=1S/C19H23N3O3/c1-12-6-5-7-13(2)19(12)20-11-18(24)22-16-10-15(21-14(3)23)8-9-17(16)25-4/h5-10,20H,11H2,1-4H3,(H,21,23)(H,22,24). The van der Waals surface area contributed by atoms with Crippen LogP contribution in [0.5, 0.6) is 5.75 Å². The molecule has 2 rings (SSSR count). The van der Waals surface area contributed by atoms with Crippen molar-refractivity contribution in [2.75, 3.05) is 29.6 Å². The zero-order valence-electron chi connectivity index (χ0n) is 14.9. The van der Waals surface area contributed by atoms with E-state index in [1.54, 1.807) is 18.2 Å². The van der Waals surface area contributed by atoms with E-state index < -0.39 is 0 Å². The van der Waals surface area contributed by atoms with Crippen LogP contribution < -0.4 is 20.7 Å². The molecule has 0 aliphatic rings. The fourth-order valence-corrected chi connectivity index (χ4v) is 2.54. The molecule has 25 heavy (non-hydrogen) atoms. The molecule has 2 aromatic carbocycles. The average molecular weight is 341 g/mol. The monoisotopic (exact) mass is 341 g/mol. The highest BCUT2D eigenvalue weighted by atomic mass is 16.5. The summed E-state index contributed by atoms with van der Waals surface area (Å²) in [5, 5.41) is 8.65. The van der Waals surface area contributed by atoms with E-state index in [0.29, 0.717) is 17.1 Å². The Kier molecular flexibility index (Phi) is 6.00. The van der Waals surface area contributed by atoms with Crippen molar-refractivity contribution in [3.63, 3.8) is 0 Å². The maximum absolute atomic E-state index is 12.3. The van der Waals surface area contributed by atoms with E-state index >= 15 is 0 Å². The van der Waals surface area contributed by atoms with E-state index in [1.165, 1.54) is 14.0 Å². The quantitative estimate of drug-likeness (QED) is 0.753. The van der Waals surface area contributed by atoms with Crippen LogP contribution in [0, 0.1) is 13.8 Å². The van der Waals surface area contributed by atoms with Gasteiger partial charge in [0, 0.05) is 18.3 Å². The van der Waals surface area contributed by atoms with Crippen LogP contribution in [0.1, 0.15) is 18.1 Å². The number of benzene rings is 2. The molecule has 6 heteroatoms. The molecule has 0 atom stereocenters. The van der Waals surface area contributed by atoms with E-state index in [4.69, 9.17) is 4.74 Å². The first-order valence-corrected chi connectivity index (χ1v) is 7.96. The van der Waals surface area contributed by atoms with Gasteiger partial charge in [-0.3, -0.25) is 9.59 Å². The maximum Gasteiger partial charge on any atom is 0.243 e. The zero-order chi connectivity index (χ0) is 18.4. The van der Waals surface area contributed by atoms with Crippen LogP contribution >= 0.6 is 0 Å². The SMILES string of the molecule is COc1ccc(NC(C)=O)cc1NC(=O)CNc1c(C)cccc1C. The number of aryl methyl sites for hydroxylation is 2. The van der Waals surface area contributed by atoms with Gasteiger partial charge in [0.25, 0.3) is 0 Å². The van der Waals surface area contributed by atoms with E-state index in [1.807, 2.05) is 32.0 Å². The average Bonchev–Trinajstić information content (AvgIpc) is 2.54. The molecule has 2 aromatic rings. The van der Waals surface area contributed by atoms with Crippen molar-refractivity contribution in [1.82, 2.24) is 0 Å². The van der Waals surface area contributed by atoms with Gasteiger partial charge in [0.2, 0.25) is 11.8 Å². The van der Waals surface area contributed by atoms with E-state index in [2.05, 4.69) is 16.0 Å². The Morgan fingerprint density at radius 1 is 1.04 bits per heavy atom. The molecule has 0 saturated heterocycles. The Bertz CT molecular complexity index is 767. The molecular weight excluding hydrogens is 318 g/mol. The molecule has 6 nitrogen and oxygen atoms in total. The molecule has 132 valence electrons. The predicted octanol–water partition coefficient (Wildman–Crippen LogP) is 3.32. The van der Waals surface area contributed by atoms with Gasteiger partial charge in [0.1, 0.15) is 5.75 Å². The van der Waals surface area contributed by atoms with Gasteiger partial charge >= 0.3 is 0 Å². The van der Waals surface area contributed by atoms with E-state index in [0.717, 1.165) is 16.8 Å². The molecule has 0 heterocycles. The second-order valence-electron chi connectivity index (χ2n) is 5.76. The smallest absolute Gasteiger partial charge is 0.243 e. The summed E-state index contributed by atoms with van der Waals surface area (Å²) in [7, 11) is 1.53. The number of amides is 2. The van der Waals surface area contributed by atoms with Crippen molar-refractivity contribution >= 4 is 28.9 Å². The van der Waals surface area contributed by atoms with Gasteiger partial charge < -0.3 is 20.7 Å². The summed E-state index contributed by atoms with van der Waals surface area (Å²) >= 11 is 0. The number of methoxy groups -OCH3 is 1. The summed E-state index contributed by atoms with van der Waals surface area (Å²) in [6, 6.07) is 11.0. The van der Waals surface area contributed by atoms with Crippen molar-refractivity contribution in [2.45, 2.75) is 20.8 Å². The highest BCUT2D eigenvalue weighted by Gasteiger charge is 2.10. The third-order valence-electron chi connectivity index (χ3n) is 3.70. The lowest BCUT2D eigenvalue weighted by molar-refractivity contribution is -0.115. The Morgan fingerprint density at radius 2 is 1.72 bits per heavy atom. The van der Waals surface area contributed by atoms with Gasteiger partial charge in [-0.05, 0) is 43.2 Å². The summed E-state index contributed by atoms with van der Waals surface area (Å²) in [5.74, 6) is 0.134. The molecule has 0 fully saturated rings. The van der Waals surface area contributed by atoms with Crippen molar-refractivity contribution < 1.29 is 14.3 Å². The van der Waals surface area contributed by atoms with Gasteiger partial charge in [-0.1, -0.05) is 18.2 Å². The lowest BCUT2D eigenvalue weighted by atomic mass is 10.1. The van der Waals surface area contributed by atoms with Gasteiger partial charge in [-0.15, -0.1) is 0 Å². The number of nitrogens with one attached hydrogen (secondary N) is 3. The summed E-state index contributed by atoms with van der Waals surface area (Å²) in [4.78, 5) is 23.5. The largest absolute Gasteiger partial charge is 0.495 e. The molecule has 0 saturated carbocycles. The third kappa shape index (κ3) is 4.97. The predicted molar refractivity (Wildman–Crippen MR) is 100 cm³/mol. The second kappa shape index (κ2) is 8.19. The molecule has 0 spiro atoms. The van der Waals surface area contributed by atoms with Gasteiger partial charge in [0.15, 0.2) is 0 Å². The molecule has 2 amide bonds. The Labute approximate surface area is 147 Å². The fraction of sp³-hybridized carbons (Fsp3) is 0.263. The first-order chi connectivity index (χ1) is 11.9. The normalized spacial score (nSPS) is 10.1. The van der Waals surface area contributed by atoms with Crippen LogP contribution in [-0.4, -0.2) is 25.5 Å². The number of carbonyl (C=O) groups excluding carboxylic acids is 2. The molecule has 0 aromatic heterocycles. The summed E-state index contributed by atoms with van der Waals surface area (Å²) in [6.45, 7) is 5.54. The Morgan fingerprint density at radius 3 is 2.32 bits per heavy atom. The molecule has 0 unspecified atom stereocenters. The summed E-state index contributed by atoms with van der Waals surface area (Å²) < 4.78 is 5.26. The van der Waals surface area contributed by atoms with Crippen LogP contribution in [0.15, 0.2) is 36.4 Å². The zero-order valence-corrected chi connectivity index (χ0v) is 14.9. The lowest BCUT2D eigenvalue weighted by Crippen LogP contribution is -2.22. The van der Waals surface area contributed by atoms with Crippen LogP contribution in [-0.2, 0) is 9.59 Å². The number of hydrogen-bond donors (Lipinski definition) is 3. The maximum atomic E-state index is 12.3. The van der Waals surface area contributed by atoms with Gasteiger partial charge in [-0.25, -0.2) is 0 Å². The minimum absolute atomic E-state index is 0.124. The molecule has 0 aliphatic carbocycles. The number of rotatable bonds is 6. The van der Waals surface area contributed by atoms with Crippen LogP contribution in [0.2, 0.25) is 0 Å². The molecule has 3 N–H and O–H groups in total. The fourth-order valence-electron chi connectivity index (χ4n) is 2.54. The highest BCUT2D eigenvalue weighted by Crippen LogP contribution is 2.28. The van der Waals surface area contributed by atoms with Crippen LogP contribution in [0.25, 0.3) is 0 Å². The molecular formula is C19H23N3O3. The molecule has 0 bridgehead atoms. The minimum atomic E-state index is -0.207. The van der Waals surface area contributed by atoms with E-state index in [9.17, 15) is 9.59 Å². The number of para-hydroxylation sites is 1. The van der Waals surface area contributed by atoms with Crippen molar-refractivity contribution in [3.05, 3.63) is 47.5 Å². The summed E-state index contributed by atoms with van der Waals surface area (Å²) in [6.07, 6.45) is 0. The van der Waals surface area contributed by atoms with Crippen molar-refractivity contribution in [3.8, 4) is 5.75 Å². The van der Waals surface area contributed by atoms with Gasteiger partial charge in [-0.2, -0.15) is 0 Å². The summed E-state index contributed by atoms with van der Waals surface area (Å²) in [5.41, 5.74) is 4.21. The lowest BCUT2D eigenvalue weighted by Gasteiger charge is -2.15. The van der Waals surface area contributed by atoms with Crippen LogP contribution in [0.4, 0.5) is 17.1 Å². The molecule has 0 radical (unpaired) electrons. The van der Waals surface area contributed by atoms with E-state index in [-0.39, 0.29) is 18.4 Å². The Hall–Kier alpha value is -3.02. The first kappa shape index (κ1) is 18.3. The number of ether oxygens (including phenoxy) is 1. The first-order valence-electron chi connectivity index (χ1n) is 7.96. The Balaban J connectivity index is 2.07. The second-order valence-corrected chi connectivity index (χ2v) is 5.76. The number of carbonyl (C=O) groups is 2. The highest BCUT2D eigenvalue weighted by molar-refractivity contribution is 5.97. The van der Waals surface area contributed by atoms with Crippen molar-refractivity contribution in [2.24, 2.45) is 0 Å². The topological polar surface area (TPSA) is 79.5 Å². The molecule has 0 aliphatic heterocycles.